The lowest BCUT2D eigenvalue weighted by Crippen LogP contribution is -2.27. The Labute approximate surface area is 148 Å². The van der Waals surface area contributed by atoms with Crippen LogP contribution < -0.4 is 0 Å². The number of fused-ring (bicyclic) bond motifs is 1. The molecule has 0 aromatic carbocycles. The minimum absolute atomic E-state index is 0.0841. The van der Waals surface area contributed by atoms with Crippen LogP contribution in [0.4, 0.5) is 0 Å². The molecule has 0 spiro atoms. The minimum Gasteiger partial charge on any atom is -0.336 e. The Morgan fingerprint density at radius 2 is 1.96 bits per heavy atom. The van der Waals surface area contributed by atoms with Gasteiger partial charge in [-0.15, -0.1) is 0 Å². The smallest absolute Gasteiger partial charge is 0.272 e. The zero-order valence-corrected chi connectivity index (χ0v) is 15.7. The molecule has 0 saturated heterocycles. The first kappa shape index (κ1) is 17.2. The molecule has 3 aromatic heterocycles. The summed E-state index contributed by atoms with van der Waals surface area (Å²) in [4.78, 5) is 19.0. The van der Waals surface area contributed by atoms with E-state index in [9.17, 15) is 4.79 Å². The van der Waals surface area contributed by atoms with E-state index in [4.69, 9.17) is 0 Å². The molecule has 0 bridgehead atoms. The van der Waals surface area contributed by atoms with Gasteiger partial charge in [0.2, 0.25) is 0 Å². The zero-order chi connectivity index (χ0) is 18.3. The van der Waals surface area contributed by atoms with Crippen molar-refractivity contribution >= 4 is 16.9 Å². The molecule has 0 N–H and O–H groups in total. The quantitative estimate of drug-likeness (QED) is 0.733. The van der Waals surface area contributed by atoms with Crippen molar-refractivity contribution in [2.24, 2.45) is 7.05 Å². The summed E-state index contributed by atoms with van der Waals surface area (Å²) in [5.74, 6) is -0.0841. The second-order valence-electron chi connectivity index (χ2n) is 6.88. The van der Waals surface area contributed by atoms with Crippen molar-refractivity contribution < 1.29 is 4.79 Å². The molecule has 25 heavy (non-hydrogen) atoms. The van der Waals surface area contributed by atoms with Gasteiger partial charge in [-0.3, -0.25) is 9.48 Å². The summed E-state index contributed by atoms with van der Waals surface area (Å²) in [5.41, 5.74) is 4.46. The Morgan fingerprint density at radius 3 is 2.60 bits per heavy atom. The molecular formula is C19H25N5O. The van der Waals surface area contributed by atoms with Gasteiger partial charge in [0.1, 0.15) is 11.3 Å². The monoisotopic (exact) mass is 339 g/mol. The average molecular weight is 339 g/mol. The van der Waals surface area contributed by atoms with Gasteiger partial charge in [0.25, 0.3) is 5.91 Å². The van der Waals surface area contributed by atoms with Gasteiger partial charge in [-0.2, -0.15) is 5.10 Å². The number of carbonyl (C=O) groups is 1. The van der Waals surface area contributed by atoms with Crippen molar-refractivity contribution in [1.82, 2.24) is 24.2 Å². The van der Waals surface area contributed by atoms with E-state index in [1.807, 2.05) is 48.6 Å². The maximum Gasteiger partial charge on any atom is 0.272 e. The Kier molecular flexibility index (Phi) is 4.37. The lowest BCUT2D eigenvalue weighted by molar-refractivity contribution is 0.0779. The number of aromatic nitrogens is 4. The lowest BCUT2D eigenvalue weighted by Gasteiger charge is -2.17. The van der Waals surface area contributed by atoms with Crippen LogP contribution in [0.2, 0.25) is 0 Å². The van der Waals surface area contributed by atoms with Crippen molar-refractivity contribution in [3.63, 3.8) is 0 Å². The third-order valence-corrected chi connectivity index (χ3v) is 4.64. The van der Waals surface area contributed by atoms with Gasteiger partial charge < -0.3 is 9.47 Å². The molecule has 3 rings (SSSR count). The summed E-state index contributed by atoms with van der Waals surface area (Å²) in [6.07, 6.45) is 1.95. The molecule has 1 amide bonds. The van der Waals surface area contributed by atoms with Crippen molar-refractivity contribution in [1.29, 1.82) is 0 Å². The van der Waals surface area contributed by atoms with Crippen molar-refractivity contribution in [3.8, 4) is 0 Å². The highest BCUT2D eigenvalue weighted by molar-refractivity contribution is 5.94. The number of hydrogen-bond acceptors (Lipinski definition) is 3. The van der Waals surface area contributed by atoms with E-state index in [2.05, 4.69) is 30.9 Å². The van der Waals surface area contributed by atoms with Gasteiger partial charge in [0.15, 0.2) is 0 Å². The second-order valence-corrected chi connectivity index (χ2v) is 6.88. The van der Waals surface area contributed by atoms with Gasteiger partial charge in [-0.1, -0.05) is 0 Å². The van der Waals surface area contributed by atoms with Gasteiger partial charge in [0, 0.05) is 49.5 Å². The summed E-state index contributed by atoms with van der Waals surface area (Å²) in [6.45, 7) is 8.79. The molecule has 0 radical (unpaired) electrons. The fraction of sp³-hybridized carbons (Fsp3) is 0.421. The minimum atomic E-state index is -0.0841. The number of hydrogen-bond donors (Lipinski definition) is 0. The number of nitrogens with zero attached hydrogens (tertiary/aromatic N) is 5. The van der Waals surface area contributed by atoms with E-state index in [-0.39, 0.29) is 5.91 Å². The van der Waals surface area contributed by atoms with Crippen LogP contribution >= 0.6 is 0 Å². The maximum atomic E-state index is 12.8. The van der Waals surface area contributed by atoms with E-state index >= 15 is 0 Å². The molecule has 0 aliphatic heterocycles. The molecule has 0 atom stereocenters. The Hall–Kier alpha value is -2.63. The molecule has 0 fully saturated rings. The van der Waals surface area contributed by atoms with Crippen molar-refractivity contribution in [2.75, 3.05) is 7.05 Å². The molecule has 0 aliphatic rings. The number of aryl methyl sites for hydroxylation is 2. The first-order chi connectivity index (χ1) is 11.8. The van der Waals surface area contributed by atoms with Gasteiger partial charge >= 0.3 is 0 Å². The third-order valence-electron chi connectivity index (χ3n) is 4.64. The highest BCUT2D eigenvalue weighted by atomic mass is 16.2. The number of carbonyl (C=O) groups excluding carboxylic acids is 1. The lowest BCUT2D eigenvalue weighted by atomic mass is 10.1. The van der Waals surface area contributed by atoms with Gasteiger partial charge in [-0.05, 0) is 45.9 Å². The van der Waals surface area contributed by atoms with Crippen LogP contribution in [0.5, 0.6) is 0 Å². The largest absolute Gasteiger partial charge is 0.336 e. The standard InChI is InChI=1S/C19H25N5O/c1-12(2)24-14(4)16(13(3)21-24)11-23(6)19(25)17-8-7-15-9-10-22(5)18(15)20-17/h7-10,12H,11H2,1-6H3. The van der Waals surface area contributed by atoms with Crippen LogP contribution in [0.25, 0.3) is 11.0 Å². The van der Waals surface area contributed by atoms with Gasteiger partial charge in [0.05, 0.1) is 5.69 Å². The molecule has 132 valence electrons. The molecule has 0 unspecified atom stereocenters. The summed E-state index contributed by atoms with van der Waals surface area (Å²) >= 11 is 0. The van der Waals surface area contributed by atoms with Crippen LogP contribution in [-0.2, 0) is 13.6 Å². The van der Waals surface area contributed by atoms with E-state index in [0.29, 0.717) is 18.3 Å². The second kappa shape index (κ2) is 6.35. The summed E-state index contributed by atoms with van der Waals surface area (Å²) in [6, 6.07) is 6.03. The SMILES string of the molecule is Cc1nn(C(C)C)c(C)c1CN(C)C(=O)c1ccc2ccn(C)c2n1. The van der Waals surface area contributed by atoms with Crippen LogP contribution in [0.1, 0.15) is 47.3 Å². The Bertz CT molecular complexity index is 935. The molecular weight excluding hydrogens is 314 g/mol. The van der Waals surface area contributed by atoms with Crippen LogP contribution in [0.3, 0.4) is 0 Å². The normalized spacial score (nSPS) is 11.5. The fourth-order valence-corrected chi connectivity index (χ4v) is 3.19. The molecule has 3 heterocycles. The Balaban J connectivity index is 1.86. The van der Waals surface area contributed by atoms with Crippen LogP contribution in [0, 0.1) is 13.8 Å². The summed E-state index contributed by atoms with van der Waals surface area (Å²) in [7, 11) is 3.74. The maximum absolute atomic E-state index is 12.8. The average Bonchev–Trinajstić information content (AvgIpc) is 3.08. The first-order valence-electron chi connectivity index (χ1n) is 8.51. The summed E-state index contributed by atoms with van der Waals surface area (Å²) < 4.78 is 3.93. The zero-order valence-electron chi connectivity index (χ0n) is 15.7. The van der Waals surface area contributed by atoms with E-state index < -0.39 is 0 Å². The molecule has 3 aromatic rings. The molecule has 0 aliphatic carbocycles. The summed E-state index contributed by atoms with van der Waals surface area (Å²) in [5, 5.41) is 5.63. The van der Waals surface area contributed by atoms with Crippen LogP contribution in [-0.4, -0.2) is 37.2 Å². The fourth-order valence-electron chi connectivity index (χ4n) is 3.19. The molecule has 0 saturated carbocycles. The number of pyridine rings is 1. The topological polar surface area (TPSA) is 56.0 Å². The third kappa shape index (κ3) is 3.04. The molecule has 6 heteroatoms. The van der Waals surface area contributed by atoms with E-state index in [0.717, 1.165) is 28.0 Å². The van der Waals surface area contributed by atoms with Crippen molar-refractivity contribution in [3.05, 3.63) is 47.0 Å². The first-order valence-corrected chi connectivity index (χ1v) is 8.51. The van der Waals surface area contributed by atoms with E-state index in [1.165, 1.54) is 0 Å². The van der Waals surface area contributed by atoms with Crippen LogP contribution in [0.15, 0.2) is 24.4 Å². The number of amides is 1. The number of rotatable bonds is 4. The highest BCUT2D eigenvalue weighted by Crippen LogP contribution is 2.20. The van der Waals surface area contributed by atoms with Gasteiger partial charge in [-0.25, -0.2) is 4.98 Å². The predicted octanol–water partition coefficient (Wildman–Crippen LogP) is 3.24. The highest BCUT2D eigenvalue weighted by Gasteiger charge is 2.19. The molecule has 6 nitrogen and oxygen atoms in total. The van der Waals surface area contributed by atoms with Crippen molar-refractivity contribution in [2.45, 2.75) is 40.3 Å². The Morgan fingerprint density at radius 1 is 1.24 bits per heavy atom. The van der Waals surface area contributed by atoms with E-state index in [1.54, 1.807) is 11.0 Å². The predicted molar refractivity (Wildman–Crippen MR) is 98.6 cm³/mol.